The zero-order chi connectivity index (χ0) is 39.3. The molecule has 0 unspecified atom stereocenters. The molecule has 2 fully saturated rings. The normalized spacial score (nSPS) is 13.0. The molecule has 0 spiro atoms. The Morgan fingerprint density at radius 2 is 1.39 bits per heavy atom. The molecule has 3 heterocycles. The molecule has 2 aliphatic carbocycles. The predicted molar refractivity (Wildman–Crippen MR) is 221 cm³/mol. The molecule has 2 saturated carbocycles. The van der Waals surface area contributed by atoms with Gasteiger partial charge in [0, 0.05) is 68.7 Å². The fourth-order valence-electron chi connectivity index (χ4n) is 3.65. The van der Waals surface area contributed by atoms with Gasteiger partial charge in [0.05, 0.1) is 12.2 Å². The average molecular weight is 721 g/mol. The van der Waals surface area contributed by atoms with Crippen molar-refractivity contribution in [1.29, 1.82) is 0 Å². The molecule has 13 nitrogen and oxygen atoms in total. The van der Waals surface area contributed by atoms with E-state index < -0.39 is 0 Å². The minimum Gasteiger partial charge on any atom is -0.372 e. The first-order valence-corrected chi connectivity index (χ1v) is 18.8. The number of nitrogens with one attached hydrogen (secondary N) is 8. The van der Waals surface area contributed by atoms with Crippen LogP contribution in [0.15, 0.2) is 35.1 Å². The van der Waals surface area contributed by atoms with Crippen LogP contribution < -0.4 is 37.2 Å². The molecule has 0 saturated heterocycles. The molecule has 298 valence electrons. The first-order chi connectivity index (χ1) is 24.1. The Bertz CT molecular complexity index is 1080. The molecular weight excluding hydrogens is 641 g/mol. The summed E-state index contributed by atoms with van der Waals surface area (Å²) in [6, 6.07) is 7.26. The molecule has 3 aromatic heterocycles. The molecule has 51 heavy (non-hydrogen) atoms. The zero-order valence-corrected chi connectivity index (χ0v) is 35.5. The molecule has 0 bridgehead atoms. The lowest BCUT2D eigenvalue weighted by Crippen LogP contribution is -2.31. The number of anilines is 3. The van der Waals surface area contributed by atoms with Gasteiger partial charge in [-0.15, -0.1) is 0 Å². The lowest BCUT2D eigenvalue weighted by Gasteiger charge is -2.16. The van der Waals surface area contributed by atoms with Gasteiger partial charge in [0.25, 0.3) is 0 Å². The van der Waals surface area contributed by atoms with Crippen LogP contribution in [0.5, 0.6) is 0 Å². The summed E-state index contributed by atoms with van der Waals surface area (Å²) in [4.78, 5) is 0. The average Bonchev–Trinajstić information content (AvgIpc) is 3.97. The molecule has 13 heteroatoms. The van der Waals surface area contributed by atoms with E-state index in [-0.39, 0.29) is 0 Å². The molecule has 0 atom stereocenters. The molecule has 0 radical (unpaired) electrons. The second-order valence-electron chi connectivity index (χ2n) is 14.6. The van der Waals surface area contributed by atoms with Crippen molar-refractivity contribution in [3.05, 3.63) is 36.3 Å². The first kappa shape index (κ1) is 50.0. The lowest BCUT2D eigenvalue weighted by molar-refractivity contribution is 0.395. The van der Waals surface area contributed by atoms with Crippen LogP contribution in [-0.2, 0) is 0 Å². The van der Waals surface area contributed by atoms with E-state index in [1.54, 1.807) is 19.3 Å². The van der Waals surface area contributed by atoms with E-state index >= 15 is 0 Å². The van der Waals surface area contributed by atoms with Crippen molar-refractivity contribution in [2.24, 2.45) is 5.41 Å². The van der Waals surface area contributed by atoms with Crippen molar-refractivity contribution in [3.8, 4) is 0 Å². The Labute approximate surface area is 312 Å². The summed E-state index contributed by atoms with van der Waals surface area (Å²) in [5, 5.41) is 35.9. The topological polar surface area (TPSA) is 157 Å². The highest BCUT2D eigenvalue weighted by Gasteiger charge is 2.25. The standard InChI is InChI=1S/2C7H11N3.2C6H15N.C5H13N.C4H6N2O.C3H9N/c1-8-7-4-5-10(9-7)6-2-3-6;1-8-7-4-6(9-10-7)5-2-3-5;1-6(2,3)5-7-4;1-4-6(5-2)7-3;1-5(2,3)6-4;1-5-4-2-3-6-7-4;1-3-4-2/h4-6H,2-3H2,1H3,(H,8,9);4-5H,2-3H2,1H3,(H2,8,9,10);7H,5H2,1-4H3;6-7H,4-5H2,1-3H3;6H,1-4H3;2-3,5H,1H3;4H,3H2,1-2H3. The maximum atomic E-state index is 4.62. The Morgan fingerprint density at radius 1 is 0.824 bits per heavy atom. The van der Waals surface area contributed by atoms with Crippen LogP contribution in [0.1, 0.15) is 118 Å². The Balaban J connectivity index is 0. The summed E-state index contributed by atoms with van der Waals surface area (Å²) in [5.41, 5.74) is 2.01. The molecule has 0 amide bonds. The minimum atomic E-state index is 0.292. The summed E-state index contributed by atoms with van der Waals surface area (Å²) in [7, 11) is 13.4. The Kier molecular flexibility index (Phi) is 28.9. The van der Waals surface area contributed by atoms with Gasteiger partial charge in [-0.1, -0.05) is 46.7 Å². The summed E-state index contributed by atoms with van der Waals surface area (Å²) in [6.07, 6.45) is 11.3. The minimum absolute atomic E-state index is 0.292. The van der Waals surface area contributed by atoms with Gasteiger partial charge in [0.15, 0.2) is 0 Å². The molecule has 8 N–H and O–H groups in total. The van der Waals surface area contributed by atoms with Gasteiger partial charge in [-0.05, 0) is 106 Å². The van der Waals surface area contributed by atoms with Gasteiger partial charge in [0.2, 0.25) is 5.88 Å². The second kappa shape index (κ2) is 29.4. The van der Waals surface area contributed by atoms with E-state index in [1.165, 1.54) is 44.2 Å². The van der Waals surface area contributed by atoms with Gasteiger partial charge in [-0.3, -0.25) is 9.78 Å². The highest BCUT2D eigenvalue weighted by Crippen LogP contribution is 2.39. The van der Waals surface area contributed by atoms with E-state index in [0.29, 0.717) is 22.9 Å². The van der Waals surface area contributed by atoms with E-state index in [9.17, 15) is 0 Å². The summed E-state index contributed by atoms with van der Waals surface area (Å²) in [6.45, 7) is 21.7. The summed E-state index contributed by atoms with van der Waals surface area (Å²) < 4.78 is 6.66. The van der Waals surface area contributed by atoms with E-state index in [0.717, 1.165) is 36.7 Å². The third-order valence-corrected chi connectivity index (χ3v) is 7.55. The number of H-pyrrole nitrogens is 1. The van der Waals surface area contributed by atoms with Gasteiger partial charge < -0.3 is 41.7 Å². The zero-order valence-electron chi connectivity index (χ0n) is 35.5. The van der Waals surface area contributed by atoms with Gasteiger partial charge in [-0.2, -0.15) is 10.2 Å². The molecule has 2 aliphatic rings. The van der Waals surface area contributed by atoms with Crippen molar-refractivity contribution < 1.29 is 4.52 Å². The van der Waals surface area contributed by atoms with E-state index in [2.05, 4.69) is 131 Å². The molecular formula is C38H80N12O. The van der Waals surface area contributed by atoms with Crippen LogP contribution in [0, 0.1) is 5.41 Å². The number of hydrogen-bond acceptors (Lipinski definition) is 11. The van der Waals surface area contributed by atoms with Crippen molar-refractivity contribution in [2.45, 2.75) is 124 Å². The van der Waals surface area contributed by atoms with Crippen LogP contribution in [0.2, 0.25) is 0 Å². The predicted octanol–water partition coefficient (Wildman–Crippen LogP) is 7.18. The highest BCUT2D eigenvalue weighted by molar-refractivity contribution is 5.36. The fourth-order valence-corrected chi connectivity index (χ4v) is 3.65. The van der Waals surface area contributed by atoms with Crippen LogP contribution >= 0.6 is 0 Å². The third kappa shape index (κ3) is 30.2. The number of nitrogens with zero attached hydrogens (tertiary/aromatic N) is 4. The van der Waals surface area contributed by atoms with Crippen LogP contribution in [0.4, 0.5) is 17.5 Å². The van der Waals surface area contributed by atoms with Gasteiger partial charge >= 0.3 is 0 Å². The van der Waals surface area contributed by atoms with Crippen molar-refractivity contribution in [2.75, 3.05) is 78.4 Å². The molecule has 0 aliphatic heterocycles. The third-order valence-electron chi connectivity index (χ3n) is 7.55. The van der Waals surface area contributed by atoms with Crippen molar-refractivity contribution >= 4 is 17.5 Å². The molecule has 0 aromatic carbocycles. The summed E-state index contributed by atoms with van der Waals surface area (Å²) in [5.74, 6) is 3.38. The Hall–Kier alpha value is -3.13. The lowest BCUT2D eigenvalue weighted by atomic mass is 9.97. The maximum absolute atomic E-state index is 4.62. The number of aromatic nitrogens is 5. The van der Waals surface area contributed by atoms with Crippen molar-refractivity contribution in [3.63, 3.8) is 0 Å². The first-order valence-electron chi connectivity index (χ1n) is 18.8. The van der Waals surface area contributed by atoms with E-state index in [1.807, 2.05) is 59.2 Å². The summed E-state index contributed by atoms with van der Waals surface area (Å²) >= 11 is 0. The number of hydrogen-bond donors (Lipinski definition) is 8. The molecule has 5 rings (SSSR count). The number of aromatic amines is 1. The number of rotatable bonds is 10. The maximum Gasteiger partial charge on any atom is 0.224 e. The quantitative estimate of drug-likeness (QED) is 0.107. The second-order valence-corrected chi connectivity index (χ2v) is 14.6. The van der Waals surface area contributed by atoms with Crippen LogP contribution in [0.3, 0.4) is 0 Å². The van der Waals surface area contributed by atoms with Crippen molar-refractivity contribution in [1.82, 2.24) is 46.4 Å². The molecule has 3 aromatic rings. The van der Waals surface area contributed by atoms with Crippen LogP contribution in [0.25, 0.3) is 0 Å². The monoisotopic (exact) mass is 721 g/mol. The van der Waals surface area contributed by atoms with Gasteiger partial charge in [-0.25, -0.2) is 0 Å². The Morgan fingerprint density at radius 3 is 1.63 bits per heavy atom. The van der Waals surface area contributed by atoms with E-state index in [4.69, 9.17) is 0 Å². The van der Waals surface area contributed by atoms with Gasteiger partial charge in [0.1, 0.15) is 11.6 Å². The fraction of sp³-hybridized carbons (Fsp3) is 0.763. The SMILES string of the molecule is CCC(CC)NC.CCNC.CNC(C)(C)C.CNCC(C)(C)C.CNc1cc(C2CC2)[nH]n1.CNc1ccn(C2CC2)n1.CNc1ccno1. The highest BCUT2D eigenvalue weighted by atomic mass is 16.5. The van der Waals surface area contributed by atoms with Crippen LogP contribution in [-0.4, -0.2) is 99.1 Å². The smallest absolute Gasteiger partial charge is 0.224 e. The largest absolute Gasteiger partial charge is 0.372 e.